The molecule has 0 aliphatic rings. The lowest BCUT2D eigenvalue weighted by Gasteiger charge is -2.12. The molecule has 0 amide bonds. The first-order valence-electron chi connectivity index (χ1n) is 9.58. The molecule has 0 saturated heterocycles. The van der Waals surface area contributed by atoms with E-state index in [1.807, 2.05) is 10.9 Å². The highest BCUT2D eigenvalue weighted by molar-refractivity contribution is 5.91. The van der Waals surface area contributed by atoms with Gasteiger partial charge in [0.1, 0.15) is 5.75 Å². The number of nitrogens with zero attached hydrogens (tertiary/aromatic N) is 5. The summed E-state index contributed by atoms with van der Waals surface area (Å²) in [5, 5.41) is 4.40. The third-order valence-corrected chi connectivity index (χ3v) is 4.72. The minimum absolute atomic E-state index is 0.257. The molecule has 3 heterocycles. The predicted molar refractivity (Wildman–Crippen MR) is 109 cm³/mol. The van der Waals surface area contributed by atoms with Gasteiger partial charge >= 0.3 is 6.36 Å². The molecule has 0 N–H and O–H groups in total. The number of aryl methyl sites for hydroxylation is 1. The van der Waals surface area contributed by atoms with Crippen LogP contribution in [0.5, 0.6) is 5.75 Å². The normalized spacial score (nSPS) is 12.1. The van der Waals surface area contributed by atoms with Crippen molar-refractivity contribution in [2.45, 2.75) is 26.8 Å². The lowest BCUT2D eigenvalue weighted by molar-refractivity contribution is -0.274. The van der Waals surface area contributed by atoms with Crippen LogP contribution in [0.25, 0.3) is 27.8 Å². The van der Waals surface area contributed by atoms with Crippen molar-refractivity contribution >= 4 is 11.0 Å². The molecule has 0 aliphatic carbocycles. The van der Waals surface area contributed by atoms with E-state index in [0.717, 1.165) is 29.8 Å². The van der Waals surface area contributed by atoms with Gasteiger partial charge in [-0.15, -0.1) is 13.2 Å². The number of hydrogen-bond donors (Lipinski definition) is 0. The molecule has 0 atom stereocenters. The molecule has 0 fully saturated rings. The summed E-state index contributed by atoms with van der Waals surface area (Å²) in [4.78, 5) is 17.3. The molecule has 4 aromatic rings. The molecule has 162 valence electrons. The van der Waals surface area contributed by atoms with Crippen molar-refractivity contribution in [2.24, 2.45) is 13.0 Å². The number of alkyl halides is 3. The smallest absolute Gasteiger partial charge is 0.406 e. The fraction of sp³-hybridized carbons (Fsp3) is 0.286. The lowest BCUT2D eigenvalue weighted by atomic mass is 10.1. The van der Waals surface area contributed by atoms with Gasteiger partial charge in [-0.2, -0.15) is 5.10 Å². The second-order valence-electron chi connectivity index (χ2n) is 7.66. The Morgan fingerprint density at radius 3 is 2.48 bits per heavy atom. The minimum atomic E-state index is -4.78. The summed E-state index contributed by atoms with van der Waals surface area (Å²) in [6.07, 6.45) is 2.05. The molecule has 0 saturated carbocycles. The van der Waals surface area contributed by atoms with E-state index in [4.69, 9.17) is 0 Å². The van der Waals surface area contributed by atoms with E-state index in [9.17, 15) is 18.0 Å². The molecule has 1 aromatic carbocycles. The second-order valence-corrected chi connectivity index (χ2v) is 7.66. The zero-order valence-electron chi connectivity index (χ0n) is 17.1. The molecule has 0 aliphatic heterocycles. The largest absolute Gasteiger partial charge is 0.573 e. The summed E-state index contributed by atoms with van der Waals surface area (Å²) in [6, 6.07) is 5.11. The van der Waals surface area contributed by atoms with Crippen LogP contribution >= 0.6 is 0 Å². The number of rotatable bonds is 5. The van der Waals surface area contributed by atoms with Crippen molar-refractivity contribution in [2.75, 3.05) is 0 Å². The molecule has 31 heavy (non-hydrogen) atoms. The van der Waals surface area contributed by atoms with Crippen molar-refractivity contribution in [1.29, 1.82) is 0 Å². The number of pyridine rings is 1. The van der Waals surface area contributed by atoms with Gasteiger partial charge in [0.05, 0.1) is 18.0 Å². The van der Waals surface area contributed by atoms with Crippen LogP contribution in [0.15, 0.2) is 54.0 Å². The quantitative estimate of drug-likeness (QED) is 0.476. The maximum Gasteiger partial charge on any atom is 0.573 e. The van der Waals surface area contributed by atoms with Crippen molar-refractivity contribution < 1.29 is 17.9 Å². The molecule has 0 unspecified atom stereocenters. The number of ether oxygens (including phenoxy) is 1. The van der Waals surface area contributed by atoms with E-state index in [1.54, 1.807) is 30.3 Å². The van der Waals surface area contributed by atoms with Gasteiger partial charge < -0.3 is 9.30 Å². The summed E-state index contributed by atoms with van der Waals surface area (Å²) < 4.78 is 46.2. The van der Waals surface area contributed by atoms with Crippen LogP contribution in [0.3, 0.4) is 0 Å². The second kappa shape index (κ2) is 7.60. The van der Waals surface area contributed by atoms with Gasteiger partial charge in [-0.1, -0.05) is 13.8 Å². The summed E-state index contributed by atoms with van der Waals surface area (Å²) >= 11 is 0. The highest BCUT2D eigenvalue weighted by atomic mass is 19.4. The van der Waals surface area contributed by atoms with Gasteiger partial charge in [-0.05, 0) is 30.2 Å². The first-order chi connectivity index (χ1) is 14.6. The number of halogens is 3. The molecule has 7 nitrogen and oxygen atoms in total. The van der Waals surface area contributed by atoms with Crippen LogP contribution < -0.4 is 10.3 Å². The molecular formula is C21H20F3N5O2. The van der Waals surface area contributed by atoms with Crippen molar-refractivity contribution in [3.63, 3.8) is 0 Å². The Labute approximate surface area is 175 Å². The Morgan fingerprint density at radius 1 is 1.13 bits per heavy atom. The van der Waals surface area contributed by atoms with Crippen LogP contribution in [0.1, 0.15) is 13.8 Å². The zero-order chi connectivity index (χ0) is 22.3. The van der Waals surface area contributed by atoms with E-state index >= 15 is 0 Å². The Hall–Kier alpha value is -3.56. The van der Waals surface area contributed by atoms with E-state index < -0.39 is 6.36 Å². The summed E-state index contributed by atoms with van der Waals surface area (Å²) in [7, 11) is 1.80. The highest BCUT2D eigenvalue weighted by Gasteiger charge is 2.31. The van der Waals surface area contributed by atoms with E-state index in [2.05, 4.69) is 28.7 Å². The maximum absolute atomic E-state index is 13.0. The molecule has 0 bridgehead atoms. The van der Waals surface area contributed by atoms with Crippen LogP contribution in [0, 0.1) is 5.92 Å². The number of aromatic nitrogens is 5. The number of fused-ring (bicyclic) bond motifs is 1. The monoisotopic (exact) mass is 431 g/mol. The van der Waals surface area contributed by atoms with Crippen molar-refractivity contribution in [3.8, 4) is 22.6 Å². The average Bonchev–Trinajstić information content (AvgIpc) is 3.29. The summed E-state index contributed by atoms with van der Waals surface area (Å²) in [6.45, 7) is 4.93. The van der Waals surface area contributed by atoms with Crippen LogP contribution in [0.2, 0.25) is 0 Å². The fourth-order valence-corrected chi connectivity index (χ4v) is 3.46. The van der Waals surface area contributed by atoms with Crippen LogP contribution in [-0.4, -0.2) is 30.3 Å². The fourth-order valence-electron chi connectivity index (χ4n) is 3.46. The summed E-state index contributed by atoms with van der Waals surface area (Å²) in [5.74, 6) is 0.0502. The van der Waals surface area contributed by atoms with Gasteiger partial charge in [-0.25, -0.2) is 4.98 Å². The Kier molecular flexibility index (Phi) is 5.08. The first-order valence-corrected chi connectivity index (χ1v) is 9.58. The first kappa shape index (κ1) is 20.7. The van der Waals surface area contributed by atoms with Crippen LogP contribution in [-0.2, 0) is 13.6 Å². The average molecular weight is 431 g/mol. The number of hydrogen-bond acceptors (Lipinski definition) is 4. The molecule has 3 aromatic heterocycles. The maximum atomic E-state index is 13.0. The molecule has 0 spiro atoms. The Morgan fingerprint density at radius 2 is 1.84 bits per heavy atom. The number of benzene rings is 1. The van der Waals surface area contributed by atoms with Gasteiger partial charge in [-0.3, -0.25) is 14.0 Å². The van der Waals surface area contributed by atoms with Gasteiger partial charge in [0.2, 0.25) is 0 Å². The van der Waals surface area contributed by atoms with Gasteiger partial charge in [0, 0.05) is 42.8 Å². The standard InChI is InChI=1S/C21H20F3N5O2/c1-13(2)9-28-10-14(8-26-28)17-11-29(20(30)18-19(17)27(3)12-25-18)15-4-6-16(7-5-15)31-21(22,23)24/h4-8,10-13H,9H2,1-3H3. The molecule has 0 radical (unpaired) electrons. The third kappa shape index (κ3) is 4.18. The topological polar surface area (TPSA) is 66.9 Å². The van der Waals surface area contributed by atoms with E-state index in [1.165, 1.54) is 16.7 Å². The SMILES string of the molecule is CC(C)Cn1cc(-c2cn(-c3ccc(OC(F)(F)F)cc3)c(=O)c3ncn(C)c23)cn1. The summed E-state index contributed by atoms with van der Waals surface area (Å²) in [5.41, 5.74) is 2.47. The lowest BCUT2D eigenvalue weighted by Crippen LogP contribution is -2.19. The van der Waals surface area contributed by atoms with E-state index in [0.29, 0.717) is 17.1 Å². The van der Waals surface area contributed by atoms with E-state index in [-0.39, 0.29) is 16.8 Å². The zero-order valence-corrected chi connectivity index (χ0v) is 17.1. The van der Waals surface area contributed by atoms with Crippen molar-refractivity contribution in [3.05, 3.63) is 59.5 Å². The van der Waals surface area contributed by atoms with Gasteiger partial charge in [0.25, 0.3) is 5.56 Å². The minimum Gasteiger partial charge on any atom is -0.406 e. The molecule has 10 heteroatoms. The third-order valence-electron chi connectivity index (χ3n) is 4.72. The molecular weight excluding hydrogens is 411 g/mol. The predicted octanol–water partition coefficient (Wildman–Crippen LogP) is 4.14. The molecule has 4 rings (SSSR count). The van der Waals surface area contributed by atoms with Crippen LogP contribution in [0.4, 0.5) is 13.2 Å². The Bertz CT molecular complexity index is 1280. The van der Waals surface area contributed by atoms with Crippen molar-refractivity contribution in [1.82, 2.24) is 23.9 Å². The van der Waals surface area contributed by atoms with Gasteiger partial charge in [0.15, 0.2) is 5.52 Å². The Balaban J connectivity index is 1.83. The highest BCUT2D eigenvalue weighted by Crippen LogP contribution is 2.28. The number of imidazole rings is 1.